The maximum atomic E-state index is 12.3. The lowest BCUT2D eigenvalue weighted by atomic mass is 9.52. The van der Waals surface area contributed by atoms with Crippen LogP contribution in [0.3, 0.4) is 0 Å². The molecule has 0 saturated heterocycles. The Bertz CT molecular complexity index is 965. The summed E-state index contributed by atoms with van der Waals surface area (Å²) >= 11 is 9.87. The molecular weight excluding hydrogens is 446 g/mol. The molecule has 1 aromatic heterocycles. The Morgan fingerprint density at radius 3 is 2.29 bits per heavy atom. The minimum atomic E-state index is -0.431. The average molecular weight is 467 g/mol. The Morgan fingerprint density at radius 1 is 1.07 bits per heavy atom. The normalized spacial score (nSPS) is 26.3. The Hall–Kier alpha value is -1.66. The Kier molecular flexibility index (Phi) is 4.91. The third kappa shape index (κ3) is 2.84. The van der Waals surface area contributed by atoms with Crippen LogP contribution >= 0.6 is 27.5 Å². The highest BCUT2D eigenvalue weighted by Gasteiger charge is 2.54. The first-order valence-electron chi connectivity index (χ1n) is 9.32. The van der Waals surface area contributed by atoms with Gasteiger partial charge in [-0.2, -0.15) is 0 Å². The van der Waals surface area contributed by atoms with Crippen molar-refractivity contribution in [3.05, 3.63) is 39.0 Å². The van der Waals surface area contributed by atoms with Crippen molar-refractivity contribution >= 4 is 50.4 Å². The molecule has 2 bridgehead atoms. The number of aromatic nitrogens is 1. The summed E-state index contributed by atoms with van der Waals surface area (Å²) in [6, 6.07) is 5.59. The number of hydrogen-bond donors (Lipinski definition) is 0. The monoisotopic (exact) mass is 465 g/mol. The molecule has 0 aliphatic heterocycles. The van der Waals surface area contributed by atoms with E-state index in [4.69, 9.17) is 26.1 Å². The van der Waals surface area contributed by atoms with Crippen LogP contribution in [0.15, 0.2) is 22.7 Å². The summed E-state index contributed by atoms with van der Waals surface area (Å²) in [5, 5.41) is 1.16. The lowest BCUT2D eigenvalue weighted by Crippen LogP contribution is -2.48. The molecule has 28 heavy (non-hydrogen) atoms. The van der Waals surface area contributed by atoms with E-state index in [-0.39, 0.29) is 16.8 Å². The van der Waals surface area contributed by atoms with E-state index < -0.39 is 5.97 Å². The number of carbonyl (C=O) groups is 2. The smallest absolute Gasteiger partial charge is 0.339 e. The van der Waals surface area contributed by atoms with Crippen LogP contribution in [0.1, 0.15) is 54.6 Å². The topological polar surface area (TPSA) is 65.5 Å². The highest BCUT2D eigenvalue weighted by Crippen LogP contribution is 2.58. The summed E-state index contributed by atoms with van der Waals surface area (Å²) in [5.41, 5.74) is 1.64. The number of halogens is 2. The second-order valence-electron chi connectivity index (χ2n) is 7.85. The number of rotatable bonds is 3. The van der Waals surface area contributed by atoms with Gasteiger partial charge in [-0.25, -0.2) is 4.79 Å². The van der Waals surface area contributed by atoms with Gasteiger partial charge in [0.15, 0.2) is 0 Å². The van der Waals surface area contributed by atoms with Crippen LogP contribution < -0.4 is 0 Å². The van der Waals surface area contributed by atoms with Gasteiger partial charge in [0.1, 0.15) is 0 Å². The van der Waals surface area contributed by atoms with Crippen LogP contribution in [0, 0.1) is 5.41 Å². The molecule has 5 rings (SSSR count). The first kappa shape index (κ1) is 19.6. The zero-order chi connectivity index (χ0) is 20.1. The summed E-state index contributed by atoms with van der Waals surface area (Å²) in [5.74, 6) is -0.512. The fraction of sp³-hybridized carbons (Fsp3) is 0.476. The van der Waals surface area contributed by atoms with E-state index in [2.05, 4.69) is 15.9 Å². The van der Waals surface area contributed by atoms with E-state index in [0.717, 1.165) is 44.2 Å². The van der Waals surface area contributed by atoms with Crippen LogP contribution in [0.25, 0.3) is 10.9 Å². The highest BCUT2D eigenvalue weighted by atomic mass is 79.9. The van der Waals surface area contributed by atoms with Gasteiger partial charge in [-0.3, -0.25) is 9.78 Å². The van der Waals surface area contributed by atoms with E-state index in [1.807, 2.05) is 12.1 Å². The Labute approximate surface area is 176 Å². The molecule has 0 N–H and O–H groups in total. The molecule has 148 valence electrons. The number of ether oxygens (including phenoxy) is 2. The van der Waals surface area contributed by atoms with Crippen LogP contribution in [0.2, 0.25) is 5.02 Å². The first-order chi connectivity index (χ1) is 13.4. The Balaban J connectivity index is 1.76. The van der Waals surface area contributed by atoms with Crippen LogP contribution in [-0.4, -0.2) is 31.1 Å². The van der Waals surface area contributed by atoms with Gasteiger partial charge in [-0.1, -0.05) is 17.7 Å². The summed E-state index contributed by atoms with van der Waals surface area (Å²) in [6.45, 7) is 0. The molecule has 7 heteroatoms. The molecule has 5 nitrogen and oxygen atoms in total. The third-order valence-electron chi connectivity index (χ3n) is 6.68. The van der Waals surface area contributed by atoms with Gasteiger partial charge in [0.2, 0.25) is 0 Å². The number of hydrogen-bond acceptors (Lipinski definition) is 5. The Morgan fingerprint density at radius 2 is 1.71 bits per heavy atom. The molecule has 1 aromatic carbocycles. The molecule has 0 spiro atoms. The van der Waals surface area contributed by atoms with Crippen molar-refractivity contribution in [2.75, 3.05) is 14.2 Å². The molecule has 0 atom stereocenters. The fourth-order valence-electron chi connectivity index (χ4n) is 4.92. The number of fused-ring (bicyclic) bond motifs is 4. The number of pyridine rings is 1. The zero-order valence-electron chi connectivity index (χ0n) is 15.8. The van der Waals surface area contributed by atoms with E-state index in [9.17, 15) is 9.59 Å². The van der Waals surface area contributed by atoms with E-state index >= 15 is 0 Å². The van der Waals surface area contributed by atoms with Gasteiger partial charge in [-0.05, 0) is 66.6 Å². The van der Waals surface area contributed by atoms with Crippen LogP contribution in [-0.2, 0) is 19.7 Å². The quantitative estimate of drug-likeness (QED) is 0.582. The van der Waals surface area contributed by atoms with Crippen LogP contribution in [0.5, 0.6) is 0 Å². The third-order valence-corrected chi connectivity index (χ3v) is 7.59. The first-order valence-corrected chi connectivity index (χ1v) is 10.5. The van der Waals surface area contributed by atoms with Gasteiger partial charge in [0, 0.05) is 21.0 Å². The molecule has 0 radical (unpaired) electrons. The lowest BCUT2D eigenvalue weighted by Gasteiger charge is -2.51. The molecule has 2 aromatic rings. The van der Waals surface area contributed by atoms with Crippen molar-refractivity contribution in [1.29, 1.82) is 0 Å². The van der Waals surface area contributed by atoms with E-state index in [1.54, 1.807) is 6.07 Å². The second-order valence-corrected chi connectivity index (χ2v) is 9.11. The summed E-state index contributed by atoms with van der Waals surface area (Å²) < 4.78 is 10.6. The minimum Gasteiger partial charge on any atom is -0.469 e. The zero-order valence-corrected chi connectivity index (χ0v) is 18.2. The van der Waals surface area contributed by atoms with E-state index in [0.29, 0.717) is 26.0 Å². The predicted molar refractivity (Wildman–Crippen MR) is 110 cm³/mol. The van der Waals surface area contributed by atoms with Crippen molar-refractivity contribution in [3.8, 4) is 0 Å². The molecule has 1 heterocycles. The highest BCUT2D eigenvalue weighted by molar-refractivity contribution is 9.10. The SMILES string of the molecule is COC(=O)c1c(Br)cc(Cl)c2nc(C34CCC(C(=O)OC)(CC3)CC4)ccc12. The predicted octanol–water partition coefficient (Wildman–Crippen LogP) is 5.20. The number of nitrogens with zero attached hydrogens (tertiary/aromatic N) is 1. The lowest BCUT2D eigenvalue weighted by molar-refractivity contribution is -0.160. The van der Waals surface area contributed by atoms with Gasteiger partial charge in [-0.15, -0.1) is 0 Å². The number of carbonyl (C=O) groups excluding carboxylic acids is 2. The molecule has 0 amide bonds. The molecule has 3 fully saturated rings. The summed E-state index contributed by atoms with van der Waals surface area (Å²) in [6.07, 6.45) is 5.17. The van der Waals surface area contributed by atoms with Crippen molar-refractivity contribution < 1.29 is 19.1 Å². The van der Waals surface area contributed by atoms with E-state index in [1.165, 1.54) is 14.2 Å². The summed E-state index contributed by atoms with van der Waals surface area (Å²) in [4.78, 5) is 29.4. The summed E-state index contributed by atoms with van der Waals surface area (Å²) in [7, 11) is 2.82. The maximum Gasteiger partial charge on any atom is 0.339 e. The largest absolute Gasteiger partial charge is 0.469 e. The molecule has 3 saturated carbocycles. The van der Waals surface area contributed by atoms with Gasteiger partial charge < -0.3 is 9.47 Å². The number of esters is 2. The van der Waals surface area contributed by atoms with Crippen LogP contribution in [0.4, 0.5) is 0 Å². The average Bonchev–Trinajstić information content (AvgIpc) is 2.74. The van der Waals surface area contributed by atoms with Gasteiger partial charge >= 0.3 is 11.9 Å². The number of benzene rings is 1. The van der Waals surface area contributed by atoms with Crippen molar-refractivity contribution in [2.45, 2.75) is 43.9 Å². The van der Waals surface area contributed by atoms with Gasteiger partial charge in [0.05, 0.1) is 35.7 Å². The second kappa shape index (κ2) is 6.99. The van der Waals surface area contributed by atoms with Gasteiger partial charge in [0.25, 0.3) is 0 Å². The molecule has 3 aliphatic carbocycles. The standard InChI is InChI=1S/C21H21BrClNO4/c1-27-18(25)16-12-3-4-15(24-17(12)14(23)11-13(16)22)20-5-8-21(9-6-20,10-7-20)19(26)28-2/h3-4,11H,5-10H2,1-2H3. The van der Waals surface area contributed by atoms with Crippen molar-refractivity contribution in [1.82, 2.24) is 4.98 Å². The number of methoxy groups -OCH3 is 2. The van der Waals surface area contributed by atoms with Crippen molar-refractivity contribution in [3.63, 3.8) is 0 Å². The molecule has 3 aliphatic rings. The van der Waals surface area contributed by atoms with Crippen molar-refractivity contribution in [2.24, 2.45) is 5.41 Å². The minimum absolute atomic E-state index is 0.0498. The molecular formula is C21H21BrClNO4. The fourth-order valence-corrected chi connectivity index (χ4v) is 5.91. The molecule has 0 unspecified atom stereocenters. The maximum absolute atomic E-state index is 12.3.